The van der Waals surface area contributed by atoms with Gasteiger partial charge in [0, 0.05) is 12.2 Å². The summed E-state index contributed by atoms with van der Waals surface area (Å²) in [5, 5.41) is 3.51. The van der Waals surface area contributed by atoms with E-state index in [1.165, 1.54) is 16.8 Å². The first kappa shape index (κ1) is 10.5. The van der Waals surface area contributed by atoms with E-state index in [0.717, 1.165) is 12.5 Å². The molecule has 0 aliphatic carbocycles. The zero-order valence-electron chi connectivity index (χ0n) is 10.2. The van der Waals surface area contributed by atoms with E-state index in [-0.39, 0.29) is 0 Å². The van der Waals surface area contributed by atoms with Crippen LogP contribution in [0.5, 0.6) is 0 Å². The van der Waals surface area contributed by atoms with Crippen LogP contribution in [0, 0.1) is 5.92 Å². The third-order valence-corrected chi connectivity index (χ3v) is 3.70. The van der Waals surface area contributed by atoms with Crippen LogP contribution >= 0.6 is 0 Å². The molecule has 15 heavy (non-hydrogen) atoms. The van der Waals surface area contributed by atoms with Gasteiger partial charge in [-0.25, -0.2) is 0 Å². The van der Waals surface area contributed by atoms with Gasteiger partial charge in [-0.3, -0.25) is 0 Å². The summed E-state index contributed by atoms with van der Waals surface area (Å²) in [7, 11) is 0. The molecule has 0 saturated heterocycles. The predicted molar refractivity (Wildman–Crippen MR) is 66.6 cm³/mol. The van der Waals surface area contributed by atoms with E-state index in [2.05, 4.69) is 51.2 Å². The minimum atomic E-state index is 0.625. The largest absolute Gasteiger partial charge is 0.385 e. The number of anilines is 1. The molecule has 0 fully saturated rings. The van der Waals surface area contributed by atoms with Crippen LogP contribution in [-0.2, 0) is 0 Å². The van der Waals surface area contributed by atoms with E-state index in [1.807, 2.05) is 0 Å². The number of rotatable bonds is 1. The van der Waals surface area contributed by atoms with Crippen molar-refractivity contribution in [2.75, 3.05) is 11.9 Å². The minimum absolute atomic E-state index is 0.625. The summed E-state index contributed by atoms with van der Waals surface area (Å²) < 4.78 is 0. The molecular weight excluding hydrogens is 182 g/mol. The molecule has 0 bridgehead atoms. The second-order valence-electron chi connectivity index (χ2n) is 5.15. The number of hydrogen-bond acceptors (Lipinski definition) is 1. The van der Waals surface area contributed by atoms with Crippen molar-refractivity contribution in [1.82, 2.24) is 0 Å². The second kappa shape index (κ2) is 3.88. The van der Waals surface area contributed by atoms with E-state index in [9.17, 15) is 0 Å². The molecule has 82 valence electrons. The Morgan fingerprint density at radius 1 is 1.27 bits per heavy atom. The maximum atomic E-state index is 3.51. The normalized spacial score (nSPS) is 24.9. The zero-order valence-corrected chi connectivity index (χ0v) is 10.2. The van der Waals surface area contributed by atoms with Crippen LogP contribution in [0.2, 0.25) is 0 Å². The summed E-state index contributed by atoms with van der Waals surface area (Å²) in [6.45, 7) is 10.3. The monoisotopic (exact) mass is 203 g/mol. The molecule has 1 aromatic carbocycles. The summed E-state index contributed by atoms with van der Waals surface area (Å²) in [4.78, 5) is 0. The summed E-state index contributed by atoms with van der Waals surface area (Å²) in [5.41, 5.74) is 4.29. The number of benzene rings is 1. The summed E-state index contributed by atoms with van der Waals surface area (Å²) in [5.74, 6) is 2.04. The average molecular weight is 203 g/mol. The third kappa shape index (κ3) is 1.88. The van der Waals surface area contributed by atoms with Crippen molar-refractivity contribution in [3.8, 4) is 0 Å². The Labute approximate surface area is 92.9 Å². The van der Waals surface area contributed by atoms with Crippen molar-refractivity contribution >= 4 is 5.69 Å². The van der Waals surface area contributed by atoms with Crippen LogP contribution in [0.3, 0.4) is 0 Å². The molecule has 0 aromatic heterocycles. The van der Waals surface area contributed by atoms with Crippen LogP contribution < -0.4 is 5.32 Å². The number of fused-ring (bicyclic) bond motifs is 1. The Morgan fingerprint density at radius 3 is 2.67 bits per heavy atom. The zero-order chi connectivity index (χ0) is 11.0. The van der Waals surface area contributed by atoms with Crippen molar-refractivity contribution in [3.05, 3.63) is 29.3 Å². The lowest BCUT2D eigenvalue weighted by Crippen LogP contribution is -2.24. The van der Waals surface area contributed by atoms with E-state index >= 15 is 0 Å². The van der Waals surface area contributed by atoms with Crippen LogP contribution in [0.25, 0.3) is 0 Å². The van der Waals surface area contributed by atoms with Gasteiger partial charge in [-0.2, -0.15) is 0 Å². The molecule has 2 rings (SSSR count). The van der Waals surface area contributed by atoms with Crippen LogP contribution in [0.15, 0.2) is 18.2 Å². The molecule has 0 spiro atoms. The first-order valence-corrected chi connectivity index (χ1v) is 5.97. The molecule has 1 heterocycles. The Balaban J connectivity index is 2.41. The standard InChI is InChI=1S/C14H21N/c1-9(2)12-5-6-14-13(7-12)11(4)10(3)8-15-14/h5-7,9-11,15H,8H2,1-4H3. The van der Waals surface area contributed by atoms with Gasteiger partial charge < -0.3 is 5.32 Å². The molecule has 2 atom stereocenters. The molecule has 1 N–H and O–H groups in total. The fourth-order valence-corrected chi connectivity index (χ4v) is 2.23. The van der Waals surface area contributed by atoms with Gasteiger partial charge in [0.1, 0.15) is 0 Å². The topological polar surface area (TPSA) is 12.0 Å². The molecule has 1 aromatic rings. The predicted octanol–water partition coefficient (Wildman–Crippen LogP) is 3.98. The van der Waals surface area contributed by atoms with Gasteiger partial charge in [-0.15, -0.1) is 0 Å². The van der Waals surface area contributed by atoms with E-state index in [0.29, 0.717) is 11.8 Å². The Kier molecular flexibility index (Phi) is 2.72. The highest BCUT2D eigenvalue weighted by molar-refractivity contribution is 5.56. The third-order valence-electron chi connectivity index (χ3n) is 3.70. The Bertz CT molecular complexity index is 354. The maximum Gasteiger partial charge on any atom is 0.0375 e. The average Bonchev–Trinajstić information content (AvgIpc) is 2.23. The van der Waals surface area contributed by atoms with E-state index in [4.69, 9.17) is 0 Å². The van der Waals surface area contributed by atoms with Crippen LogP contribution in [0.4, 0.5) is 5.69 Å². The quantitative estimate of drug-likeness (QED) is 0.728. The van der Waals surface area contributed by atoms with E-state index in [1.54, 1.807) is 0 Å². The smallest absolute Gasteiger partial charge is 0.0375 e. The Morgan fingerprint density at radius 2 is 2.00 bits per heavy atom. The molecule has 0 amide bonds. The lowest BCUT2D eigenvalue weighted by molar-refractivity contribution is 0.496. The van der Waals surface area contributed by atoms with Crippen molar-refractivity contribution in [2.24, 2.45) is 5.92 Å². The van der Waals surface area contributed by atoms with Crippen molar-refractivity contribution < 1.29 is 0 Å². The fourth-order valence-electron chi connectivity index (χ4n) is 2.23. The first-order valence-electron chi connectivity index (χ1n) is 5.97. The summed E-state index contributed by atoms with van der Waals surface area (Å²) in [6.07, 6.45) is 0. The molecule has 1 nitrogen and oxygen atoms in total. The van der Waals surface area contributed by atoms with Gasteiger partial charge in [0.2, 0.25) is 0 Å². The molecule has 1 heteroatoms. The highest BCUT2D eigenvalue weighted by Gasteiger charge is 2.22. The van der Waals surface area contributed by atoms with Crippen molar-refractivity contribution in [3.63, 3.8) is 0 Å². The van der Waals surface area contributed by atoms with Gasteiger partial charge in [-0.05, 0) is 34.9 Å². The number of hydrogen-bond donors (Lipinski definition) is 1. The highest BCUT2D eigenvalue weighted by Crippen LogP contribution is 2.36. The molecule has 1 aliphatic rings. The minimum Gasteiger partial charge on any atom is -0.385 e. The molecule has 0 saturated carbocycles. The molecular formula is C14H21N. The second-order valence-corrected chi connectivity index (χ2v) is 5.15. The number of nitrogens with one attached hydrogen (secondary N) is 1. The van der Waals surface area contributed by atoms with Gasteiger partial charge in [0.15, 0.2) is 0 Å². The Hall–Kier alpha value is -0.980. The molecule has 2 unspecified atom stereocenters. The van der Waals surface area contributed by atoms with Gasteiger partial charge in [0.05, 0.1) is 0 Å². The van der Waals surface area contributed by atoms with Crippen molar-refractivity contribution in [2.45, 2.75) is 39.5 Å². The van der Waals surface area contributed by atoms with Crippen LogP contribution in [-0.4, -0.2) is 6.54 Å². The molecule has 0 radical (unpaired) electrons. The van der Waals surface area contributed by atoms with Crippen LogP contribution in [0.1, 0.15) is 50.7 Å². The highest BCUT2D eigenvalue weighted by atomic mass is 14.9. The SMILES string of the molecule is CC(C)c1ccc2c(c1)C(C)C(C)CN2. The van der Waals surface area contributed by atoms with E-state index < -0.39 is 0 Å². The fraction of sp³-hybridized carbons (Fsp3) is 0.571. The summed E-state index contributed by atoms with van der Waals surface area (Å²) >= 11 is 0. The van der Waals surface area contributed by atoms with Gasteiger partial charge in [0.25, 0.3) is 0 Å². The van der Waals surface area contributed by atoms with Gasteiger partial charge >= 0.3 is 0 Å². The summed E-state index contributed by atoms with van der Waals surface area (Å²) in [6, 6.07) is 6.87. The van der Waals surface area contributed by atoms with Gasteiger partial charge in [-0.1, -0.05) is 39.8 Å². The first-order chi connectivity index (χ1) is 7.09. The maximum absolute atomic E-state index is 3.51. The van der Waals surface area contributed by atoms with Crippen molar-refractivity contribution in [1.29, 1.82) is 0 Å². The lowest BCUT2D eigenvalue weighted by Gasteiger charge is -2.30. The molecule has 1 aliphatic heterocycles. The lowest BCUT2D eigenvalue weighted by atomic mass is 9.83.